The second-order valence-electron chi connectivity index (χ2n) is 6.95. The van der Waals surface area contributed by atoms with Gasteiger partial charge < -0.3 is 10.6 Å². The van der Waals surface area contributed by atoms with Crippen LogP contribution in [0, 0.1) is 11.3 Å². The molecule has 1 heterocycles. The van der Waals surface area contributed by atoms with Gasteiger partial charge in [-0.15, -0.1) is 12.4 Å². The largest absolute Gasteiger partial charge is 0.352 e. The lowest BCUT2D eigenvalue weighted by molar-refractivity contribution is -0.122. The van der Waals surface area contributed by atoms with Crippen molar-refractivity contribution in [3.05, 3.63) is 34.9 Å². The molecule has 1 aliphatic rings. The average Bonchev–Trinajstić information content (AvgIpc) is 2.82. The highest BCUT2D eigenvalue weighted by atomic mass is 35.5. The van der Waals surface area contributed by atoms with E-state index in [0.29, 0.717) is 18.9 Å². The molecule has 0 saturated heterocycles. The predicted molar refractivity (Wildman–Crippen MR) is 89.3 cm³/mol. The maximum absolute atomic E-state index is 12.0. The van der Waals surface area contributed by atoms with Crippen molar-refractivity contribution in [1.29, 1.82) is 0 Å². The molecular weight excluding hydrogens is 284 g/mol. The van der Waals surface area contributed by atoms with Crippen LogP contribution >= 0.6 is 12.4 Å². The van der Waals surface area contributed by atoms with Crippen LogP contribution in [0.25, 0.3) is 0 Å². The monoisotopic (exact) mass is 310 g/mol. The Morgan fingerprint density at radius 1 is 1.29 bits per heavy atom. The highest BCUT2D eigenvalue weighted by Crippen LogP contribution is 2.27. The molecule has 0 radical (unpaired) electrons. The Morgan fingerprint density at radius 3 is 2.62 bits per heavy atom. The maximum atomic E-state index is 12.0. The number of hydrogen-bond donors (Lipinski definition) is 2. The summed E-state index contributed by atoms with van der Waals surface area (Å²) < 4.78 is 0. The van der Waals surface area contributed by atoms with Crippen LogP contribution in [0.1, 0.15) is 50.8 Å². The molecule has 1 amide bonds. The zero-order valence-corrected chi connectivity index (χ0v) is 14.3. The number of carbonyl (C=O) groups excluding carboxylic acids is 1. The fourth-order valence-corrected chi connectivity index (χ4v) is 2.32. The third kappa shape index (κ3) is 5.01. The summed E-state index contributed by atoms with van der Waals surface area (Å²) in [6, 6.07) is 6.47. The third-order valence-corrected chi connectivity index (χ3v) is 4.36. The van der Waals surface area contributed by atoms with Gasteiger partial charge in [-0.1, -0.05) is 45.9 Å². The summed E-state index contributed by atoms with van der Waals surface area (Å²) >= 11 is 0. The lowest BCUT2D eigenvalue weighted by Gasteiger charge is -2.26. The molecule has 1 unspecified atom stereocenters. The van der Waals surface area contributed by atoms with Gasteiger partial charge in [0.2, 0.25) is 5.91 Å². The number of halogens is 1. The van der Waals surface area contributed by atoms with E-state index in [9.17, 15) is 4.79 Å². The van der Waals surface area contributed by atoms with E-state index in [-0.39, 0.29) is 23.7 Å². The Kier molecular flexibility index (Phi) is 6.24. The first-order chi connectivity index (χ1) is 9.36. The number of amides is 1. The molecule has 1 aromatic rings. The van der Waals surface area contributed by atoms with Gasteiger partial charge in [0.25, 0.3) is 0 Å². The van der Waals surface area contributed by atoms with E-state index in [2.05, 4.69) is 56.5 Å². The molecule has 0 aromatic heterocycles. The Labute approximate surface area is 134 Å². The molecule has 0 saturated carbocycles. The molecule has 1 aromatic carbocycles. The normalized spacial score (nSPS) is 15.0. The Hall–Kier alpha value is -1.06. The second kappa shape index (κ2) is 7.28. The number of rotatable bonds is 4. The van der Waals surface area contributed by atoms with Crippen LogP contribution < -0.4 is 10.6 Å². The van der Waals surface area contributed by atoms with Crippen molar-refractivity contribution in [1.82, 2.24) is 10.6 Å². The van der Waals surface area contributed by atoms with Crippen molar-refractivity contribution in [2.45, 2.75) is 53.8 Å². The maximum Gasteiger partial charge on any atom is 0.220 e. The second-order valence-corrected chi connectivity index (χ2v) is 6.95. The fraction of sp³-hybridized carbons (Fsp3) is 0.588. The minimum atomic E-state index is 0. The highest BCUT2D eigenvalue weighted by molar-refractivity contribution is 5.85. The summed E-state index contributed by atoms with van der Waals surface area (Å²) in [5.74, 6) is 0.526. The SMILES string of the molecule is CC(CC(=O)NCc1ccc2c(c1)CNC2)C(C)(C)C.Cl. The number of fused-ring (bicyclic) bond motifs is 1. The molecule has 0 spiro atoms. The molecule has 0 bridgehead atoms. The smallest absolute Gasteiger partial charge is 0.220 e. The summed E-state index contributed by atoms with van der Waals surface area (Å²) in [7, 11) is 0. The van der Waals surface area contributed by atoms with E-state index in [1.165, 1.54) is 16.7 Å². The topological polar surface area (TPSA) is 41.1 Å². The van der Waals surface area contributed by atoms with Crippen molar-refractivity contribution < 1.29 is 4.79 Å². The summed E-state index contributed by atoms with van der Waals surface area (Å²) in [5, 5.41) is 6.37. The quantitative estimate of drug-likeness (QED) is 0.895. The minimum absolute atomic E-state index is 0. The van der Waals surface area contributed by atoms with Crippen LogP contribution in [-0.4, -0.2) is 5.91 Å². The van der Waals surface area contributed by atoms with E-state index < -0.39 is 0 Å². The Bertz CT molecular complexity index is 494. The lowest BCUT2D eigenvalue weighted by atomic mass is 9.80. The van der Waals surface area contributed by atoms with Crippen molar-refractivity contribution in [2.75, 3.05) is 0 Å². The molecule has 3 nitrogen and oxygen atoms in total. The summed E-state index contributed by atoms with van der Waals surface area (Å²) in [6.07, 6.45) is 0.593. The first kappa shape index (κ1) is 18.0. The molecule has 118 valence electrons. The predicted octanol–water partition coefficient (Wildman–Crippen LogP) is 3.40. The highest BCUT2D eigenvalue weighted by Gasteiger charge is 2.22. The van der Waals surface area contributed by atoms with Crippen molar-refractivity contribution in [2.24, 2.45) is 11.3 Å². The summed E-state index contributed by atoms with van der Waals surface area (Å²) in [4.78, 5) is 12.0. The van der Waals surface area contributed by atoms with Crippen LogP contribution in [0.2, 0.25) is 0 Å². The van der Waals surface area contributed by atoms with E-state index in [1.54, 1.807) is 0 Å². The van der Waals surface area contributed by atoms with Crippen LogP contribution in [0.3, 0.4) is 0 Å². The molecular formula is C17H27ClN2O. The van der Waals surface area contributed by atoms with Gasteiger partial charge in [-0.05, 0) is 28.0 Å². The Morgan fingerprint density at radius 2 is 1.95 bits per heavy atom. The molecule has 0 aliphatic carbocycles. The van der Waals surface area contributed by atoms with Gasteiger partial charge in [0.1, 0.15) is 0 Å². The summed E-state index contributed by atoms with van der Waals surface area (Å²) in [5.41, 5.74) is 4.10. The van der Waals surface area contributed by atoms with Crippen LogP contribution in [-0.2, 0) is 24.4 Å². The zero-order chi connectivity index (χ0) is 14.8. The van der Waals surface area contributed by atoms with E-state index in [1.807, 2.05) is 0 Å². The first-order valence-corrected chi connectivity index (χ1v) is 7.44. The van der Waals surface area contributed by atoms with Crippen molar-refractivity contribution in [3.8, 4) is 0 Å². The van der Waals surface area contributed by atoms with E-state index in [0.717, 1.165) is 13.1 Å². The first-order valence-electron chi connectivity index (χ1n) is 7.44. The van der Waals surface area contributed by atoms with Crippen LogP contribution in [0.5, 0.6) is 0 Å². The molecule has 1 atom stereocenters. The molecule has 1 aliphatic heterocycles. The number of hydrogen-bond acceptors (Lipinski definition) is 2. The van der Waals surface area contributed by atoms with Gasteiger partial charge in [0.15, 0.2) is 0 Å². The van der Waals surface area contributed by atoms with Crippen molar-refractivity contribution >= 4 is 18.3 Å². The zero-order valence-electron chi connectivity index (χ0n) is 13.5. The third-order valence-electron chi connectivity index (χ3n) is 4.36. The van der Waals surface area contributed by atoms with Gasteiger partial charge in [0, 0.05) is 26.1 Å². The molecule has 2 N–H and O–H groups in total. The molecule has 0 fully saturated rings. The molecule has 21 heavy (non-hydrogen) atoms. The van der Waals surface area contributed by atoms with E-state index in [4.69, 9.17) is 0 Å². The van der Waals surface area contributed by atoms with Gasteiger partial charge in [-0.3, -0.25) is 4.79 Å². The standard InChI is InChI=1S/C17H26N2O.ClH/c1-12(17(2,3)4)7-16(20)19-9-13-5-6-14-10-18-11-15(14)8-13;/h5-6,8,12,18H,7,9-11H2,1-4H3,(H,19,20);1H. The van der Waals surface area contributed by atoms with Crippen molar-refractivity contribution in [3.63, 3.8) is 0 Å². The Balaban J connectivity index is 0.00000220. The van der Waals surface area contributed by atoms with Crippen LogP contribution in [0.15, 0.2) is 18.2 Å². The van der Waals surface area contributed by atoms with Gasteiger partial charge in [0.05, 0.1) is 0 Å². The number of nitrogens with one attached hydrogen (secondary N) is 2. The number of benzene rings is 1. The molecule has 2 rings (SSSR count). The lowest BCUT2D eigenvalue weighted by Crippen LogP contribution is -2.28. The number of carbonyl (C=O) groups is 1. The van der Waals surface area contributed by atoms with Crippen LogP contribution in [0.4, 0.5) is 0 Å². The average molecular weight is 311 g/mol. The van der Waals surface area contributed by atoms with E-state index >= 15 is 0 Å². The van der Waals surface area contributed by atoms with Gasteiger partial charge >= 0.3 is 0 Å². The van der Waals surface area contributed by atoms with Gasteiger partial charge in [-0.2, -0.15) is 0 Å². The molecule has 4 heteroatoms. The minimum Gasteiger partial charge on any atom is -0.352 e. The fourth-order valence-electron chi connectivity index (χ4n) is 2.32. The summed E-state index contributed by atoms with van der Waals surface area (Å²) in [6.45, 7) is 11.2. The van der Waals surface area contributed by atoms with Gasteiger partial charge in [-0.25, -0.2) is 0 Å².